The Hall–Kier alpha value is -2.77. The van der Waals surface area contributed by atoms with E-state index in [0.717, 1.165) is 6.54 Å². The fourth-order valence-corrected chi connectivity index (χ4v) is 4.18. The molecule has 0 saturated heterocycles. The molecule has 5 nitrogen and oxygen atoms in total. The zero-order valence-corrected chi connectivity index (χ0v) is 16.9. The molecule has 2 aromatic heterocycles. The van der Waals surface area contributed by atoms with Crippen LogP contribution < -0.4 is 10.1 Å². The van der Waals surface area contributed by atoms with Crippen molar-refractivity contribution in [3.63, 3.8) is 0 Å². The summed E-state index contributed by atoms with van der Waals surface area (Å²) < 4.78 is 46.5. The van der Waals surface area contributed by atoms with E-state index >= 15 is 0 Å². The molecule has 0 spiro atoms. The number of hydrogen-bond acceptors (Lipinski definition) is 4. The van der Waals surface area contributed by atoms with Crippen LogP contribution in [0.15, 0.2) is 36.5 Å². The van der Waals surface area contributed by atoms with Gasteiger partial charge in [-0.25, -0.2) is 0 Å². The van der Waals surface area contributed by atoms with Crippen molar-refractivity contribution in [2.45, 2.75) is 44.7 Å². The van der Waals surface area contributed by atoms with Gasteiger partial charge in [0, 0.05) is 18.3 Å². The van der Waals surface area contributed by atoms with Crippen molar-refractivity contribution in [3.8, 4) is 17.0 Å². The smallest absolute Gasteiger partial charge is 0.393 e. The minimum absolute atomic E-state index is 0.113. The van der Waals surface area contributed by atoms with E-state index in [0.29, 0.717) is 34.4 Å². The summed E-state index contributed by atoms with van der Waals surface area (Å²) >= 11 is 0. The Morgan fingerprint density at radius 2 is 1.93 bits per heavy atom. The molecule has 0 aliphatic heterocycles. The van der Waals surface area contributed by atoms with E-state index in [-0.39, 0.29) is 5.56 Å². The molecule has 1 aromatic carbocycles. The van der Waals surface area contributed by atoms with Crippen LogP contribution in [0.25, 0.3) is 16.8 Å². The second-order valence-electron chi connectivity index (χ2n) is 7.84. The standard InChI is InChI=1S/C22H25F3N4O/c1-30-17-9-10-18(16(12-17)13-22(23,24)25)20-19-8-5-11-29(19)21(28-27-20)26-14-15-6-3-2-4-7-15/h5,8-12,15H,2-4,6-7,13-14H2,1H3,(H,26,28). The summed E-state index contributed by atoms with van der Waals surface area (Å²) in [5.41, 5.74) is 1.65. The topological polar surface area (TPSA) is 51.5 Å². The number of nitrogens with one attached hydrogen (secondary N) is 1. The quantitative estimate of drug-likeness (QED) is 0.574. The second kappa shape index (κ2) is 8.53. The normalized spacial score (nSPS) is 15.5. The third kappa shape index (κ3) is 4.52. The number of anilines is 1. The van der Waals surface area contributed by atoms with Crippen molar-refractivity contribution in [3.05, 3.63) is 42.1 Å². The summed E-state index contributed by atoms with van der Waals surface area (Å²) in [5.74, 6) is 1.60. The molecule has 0 atom stereocenters. The monoisotopic (exact) mass is 418 g/mol. The van der Waals surface area contributed by atoms with E-state index in [4.69, 9.17) is 4.74 Å². The lowest BCUT2D eigenvalue weighted by Gasteiger charge is -2.22. The van der Waals surface area contributed by atoms with Gasteiger partial charge in [-0.1, -0.05) is 19.3 Å². The second-order valence-corrected chi connectivity index (χ2v) is 7.84. The number of hydrogen-bond donors (Lipinski definition) is 1. The first-order valence-electron chi connectivity index (χ1n) is 10.3. The van der Waals surface area contributed by atoms with Crippen LogP contribution in [0.3, 0.4) is 0 Å². The van der Waals surface area contributed by atoms with Gasteiger partial charge in [-0.15, -0.1) is 10.2 Å². The molecule has 8 heteroatoms. The lowest BCUT2D eigenvalue weighted by Crippen LogP contribution is -2.19. The maximum Gasteiger partial charge on any atom is 0.393 e. The average Bonchev–Trinajstić information content (AvgIpc) is 3.22. The Morgan fingerprint density at radius 3 is 2.67 bits per heavy atom. The van der Waals surface area contributed by atoms with Gasteiger partial charge >= 0.3 is 6.18 Å². The predicted molar refractivity (Wildman–Crippen MR) is 110 cm³/mol. The molecular weight excluding hydrogens is 393 g/mol. The zero-order chi connectivity index (χ0) is 21.1. The van der Waals surface area contributed by atoms with Crippen LogP contribution >= 0.6 is 0 Å². The zero-order valence-electron chi connectivity index (χ0n) is 16.9. The van der Waals surface area contributed by atoms with E-state index in [9.17, 15) is 13.2 Å². The number of methoxy groups -OCH3 is 1. The number of halogens is 3. The lowest BCUT2D eigenvalue weighted by molar-refractivity contribution is -0.127. The Kier molecular flexibility index (Phi) is 5.83. The number of rotatable bonds is 6. The summed E-state index contributed by atoms with van der Waals surface area (Å²) in [6.45, 7) is 0.823. The van der Waals surface area contributed by atoms with E-state index in [1.165, 1.54) is 45.3 Å². The van der Waals surface area contributed by atoms with Crippen LogP contribution in [-0.4, -0.2) is 34.4 Å². The summed E-state index contributed by atoms with van der Waals surface area (Å²) in [7, 11) is 1.43. The van der Waals surface area contributed by atoms with Crippen LogP contribution in [0.2, 0.25) is 0 Å². The molecule has 0 bridgehead atoms. The number of aromatic nitrogens is 3. The number of ether oxygens (including phenoxy) is 1. The summed E-state index contributed by atoms with van der Waals surface area (Å²) in [4.78, 5) is 0. The van der Waals surface area contributed by atoms with Crippen LogP contribution in [0.5, 0.6) is 5.75 Å². The van der Waals surface area contributed by atoms with Gasteiger partial charge in [-0.2, -0.15) is 13.2 Å². The SMILES string of the molecule is COc1ccc(-c2nnc(NCC3CCCCC3)n3cccc23)c(CC(F)(F)F)c1. The van der Waals surface area contributed by atoms with E-state index < -0.39 is 12.6 Å². The highest BCUT2D eigenvalue weighted by Crippen LogP contribution is 2.34. The maximum atomic E-state index is 13.2. The third-order valence-corrected chi connectivity index (χ3v) is 5.70. The van der Waals surface area contributed by atoms with Crippen molar-refractivity contribution in [2.75, 3.05) is 19.0 Å². The molecule has 1 aliphatic rings. The molecule has 1 fully saturated rings. The number of nitrogens with zero attached hydrogens (tertiary/aromatic N) is 3. The molecule has 3 aromatic rings. The van der Waals surface area contributed by atoms with Crippen molar-refractivity contribution in [1.29, 1.82) is 0 Å². The fraction of sp³-hybridized carbons (Fsp3) is 0.455. The lowest BCUT2D eigenvalue weighted by atomic mass is 9.89. The molecular formula is C22H25F3N4O. The first kappa shape index (κ1) is 20.5. The number of alkyl halides is 3. The van der Waals surface area contributed by atoms with Crippen molar-refractivity contribution >= 4 is 11.5 Å². The van der Waals surface area contributed by atoms with Crippen LogP contribution in [-0.2, 0) is 6.42 Å². The number of benzene rings is 1. The molecule has 160 valence electrons. The predicted octanol–water partition coefficient (Wildman–Crippen LogP) is 5.50. The molecule has 0 amide bonds. The van der Waals surface area contributed by atoms with Gasteiger partial charge in [0.05, 0.1) is 19.0 Å². The molecule has 1 saturated carbocycles. The Balaban J connectivity index is 1.68. The van der Waals surface area contributed by atoms with E-state index in [1.54, 1.807) is 12.1 Å². The third-order valence-electron chi connectivity index (χ3n) is 5.70. The highest BCUT2D eigenvalue weighted by Gasteiger charge is 2.30. The van der Waals surface area contributed by atoms with E-state index in [1.807, 2.05) is 22.7 Å². The summed E-state index contributed by atoms with van der Waals surface area (Å²) in [6, 6.07) is 8.37. The van der Waals surface area contributed by atoms with Gasteiger partial charge in [0.25, 0.3) is 0 Å². The maximum absolute atomic E-state index is 13.2. The Labute approximate surface area is 173 Å². The highest BCUT2D eigenvalue weighted by atomic mass is 19.4. The van der Waals surface area contributed by atoms with Crippen LogP contribution in [0.1, 0.15) is 37.7 Å². The van der Waals surface area contributed by atoms with Gasteiger partial charge in [0.2, 0.25) is 5.95 Å². The van der Waals surface area contributed by atoms with Crippen LogP contribution in [0.4, 0.5) is 19.1 Å². The Morgan fingerprint density at radius 1 is 1.13 bits per heavy atom. The fourth-order valence-electron chi connectivity index (χ4n) is 4.18. The van der Waals surface area contributed by atoms with Gasteiger partial charge in [-0.05, 0) is 54.7 Å². The Bertz CT molecular complexity index is 1010. The van der Waals surface area contributed by atoms with Crippen molar-refractivity contribution < 1.29 is 17.9 Å². The van der Waals surface area contributed by atoms with Crippen molar-refractivity contribution in [1.82, 2.24) is 14.6 Å². The first-order chi connectivity index (χ1) is 14.4. The minimum Gasteiger partial charge on any atom is -0.497 e. The molecule has 30 heavy (non-hydrogen) atoms. The minimum atomic E-state index is -4.34. The molecule has 4 rings (SSSR count). The highest BCUT2D eigenvalue weighted by molar-refractivity contribution is 5.80. The van der Waals surface area contributed by atoms with E-state index in [2.05, 4.69) is 15.5 Å². The van der Waals surface area contributed by atoms with Gasteiger partial charge in [0.15, 0.2) is 0 Å². The molecule has 0 radical (unpaired) electrons. The number of fused-ring (bicyclic) bond motifs is 1. The van der Waals surface area contributed by atoms with Gasteiger partial charge in [-0.3, -0.25) is 4.40 Å². The van der Waals surface area contributed by atoms with Gasteiger partial charge < -0.3 is 10.1 Å². The molecule has 1 N–H and O–H groups in total. The summed E-state index contributed by atoms with van der Waals surface area (Å²) in [6.07, 6.45) is 2.69. The molecule has 0 unspecified atom stereocenters. The molecule has 2 heterocycles. The van der Waals surface area contributed by atoms with Crippen LogP contribution in [0, 0.1) is 5.92 Å². The first-order valence-corrected chi connectivity index (χ1v) is 10.3. The largest absolute Gasteiger partial charge is 0.497 e. The van der Waals surface area contributed by atoms with Gasteiger partial charge in [0.1, 0.15) is 11.4 Å². The molecule has 1 aliphatic carbocycles. The average molecular weight is 418 g/mol. The summed E-state index contributed by atoms with van der Waals surface area (Å²) in [5, 5.41) is 12.0. The van der Waals surface area contributed by atoms with Crippen molar-refractivity contribution in [2.24, 2.45) is 5.92 Å².